The Morgan fingerprint density at radius 1 is 1.05 bits per heavy atom. The Balaban J connectivity index is 2.35. The number of carbonyl (C=O) groups excluding carboxylic acids is 1. The van der Waals surface area contributed by atoms with Gasteiger partial charge in [-0.25, -0.2) is 0 Å². The van der Waals surface area contributed by atoms with Gasteiger partial charge >= 0.3 is 0 Å². The van der Waals surface area contributed by atoms with Crippen LogP contribution in [0.2, 0.25) is 0 Å². The average Bonchev–Trinajstić information content (AvgIpc) is 2.49. The first-order chi connectivity index (χ1) is 10.0. The molecule has 0 atom stereocenters. The summed E-state index contributed by atoms with van der Waals surface area (Å²) in [6.07, 6.45) is 0. The van der Waals surface area contributed by atoms with Crippen LogP contribution in [0.15, 0.2) is 42.5 Å². The van der Waals surface area contributed by atoms with Crippen molar-refractivity contribution in [3.05, 3.63) is 48.0 Å². The number of amides is 1. The largest absolute Gasteiger partial charge is 0.493 e. The topological polar surface area (TPSA) is 64.8 Å². The van der Waals surface area contributed by atoms with Crippen LogP contribution in [0.5, 0.6) is 17.2 Å². The zero-order chi connectivity index (χ0) is 15.4. The van der Waals surface area contributed by atoms with Crippen LogP contribution in [-0.2, 0) is 0 Å². The second kappa shape index (κ2) is 6.17. The molecule has 0 aliphatic rings. The third-order valence-electron chi connectivity index (χ3n) is 2.96. The van der Waals surface area contributed by atoms with E-state index in [0.717, 1.165) is 0 Å². The maximum Gasteiger partial charge on any atom is 0.253 e. The summed E-state index contributed by atoms with van der Waals surface area (Å²) in [5.41, 5.74) is 6.88. The summed E-state index contributed by atoms with van der Waals surface area (Å²) in [5.74, 6) is 1.45. The number of nitrogens with two attached hydrogens (primary N) is 1. The number of carbonyl (C=O) groups is 1. The minimum Gasteiger partial charge on any atom is -0.493 e. The molecule has 0 saturated heterocycles. The highest BCUT2D eigenvalue weighted by atomic mass is 16.5. The van der Waals surface area contributed by atoms with Gasteiger partial charge in [0.25, 0.3) is 5.91 Å². The summed E-state index contributed by atoms with van der Waals surface area (Å²) in [7, 11) is 4.95. The van der Waals surface area contributed by atoms with Crippen LogP contribution in [0, 0.1) is 0 Å². The average molecular weight is 286 g/mol. The zero-order valence-electron chi connectivity index (χ0n) is 12.3. The molecule has 5 nitrogen and oxygen atoms in total. The number of rotatable bonds is 4. The lowest BCUT2D eigenvalue weighted by atomic mass is 10.1. The third-order valence-corrected chi connectivity index (χ3v) is 2.96. The van der Waals surface area contributed by atoms with E-state index >= 15 is 0 Å². The van der Waals surface area contributed by atoms with Crippen LogP contribution >= 0.6 is 0 Å². The Hall–Kier alpha value is -2.69. The van der Waals surface area contributed by atoms with Gasteiger partial charge in [0.15, 0.2) is 17.2 Å². The van der Waals surface area contributed by atoms with E-state index in [0.29, 0.717) is 28.5 Å². The smallest absolute Gasteiger partial charge is 0.253 e. The molecule has 21 heavy (non-hydrogen) atoms. The predicted molar refractivity (Wildman–Crippen MR) is 81.9 cm³/mol. The molecule has 0 bridgehead atoms. The van der Waals surface area contributed by atoms with Gasteiger partial charge in [-0.05, 0) is 30.3 Å². The second-order valence-corrected chi connectivity index (χ2v) is 4.71. The van der Waals surface area contributed by atoms with E-state index in [-0.39, 0.29) is 5.91 Å². The van der Waals surface area contributed by atoms with Crippen molar-refractivity contribution in [3.8, 4) is 17.2 Å². The summed E-state index contributed by atoms with van der Waals surface area (Å²) in [6, 6.07) is 12.2. The summed E-state index contributed by atoms with van der Waals surface area (Å²) >= 11 is 0. The third kappa shape index (κ3) is 3.25. The minimum atomic E-state index is -0.111. The Kier molecular flexibility index (Phi) is 4.33. The van der Waals surface area contributed by atoms with Crippen molar-refractivity contribution >= 4 is 11.6 Å². The van der Waals surface area contributed by atoms with Crippen molar-refractivity contribution in [2.24, 2.45) is 0 Å². The molecule has 2 aromatic carbocycles. The number of methoxy groups -OCH3 is 1. The molecule has 2 rings (SSSR count). The van der Waals surface area contributed by atoms with Crippen LogP contribution in [0.1, 0.15) is 10.4 Å². The number of hydrogen-bond donors (Lipinski definition) is 1. The van der Waals surface area contributed by atoms with E-state index in [2.05, 4.69) is 0 Å². The van der Waals surface area contributed by atoms with Crippen LogP contribution < -0.4 is 15.2 Å². The summed E-state index contributed by atoms with van der Waals surface area (Å²) < 4.78 is 11.0. The molecular formula is C16H18N2O3. The lowest BCUT2D eigenvalue weighted by Crippen LogP contribution is -2.21. The van der Waals surface area contributed by atoms with E-state index in [1.807, 2.05) is 12.1 Å². The first kappa shape index (κ1) is 14.7. The first-order valence-electron chi connectivity index (χ1n) is 6.45. The maximum absolute atomic E-state index is 12.0. The van der Waals surface area contributed by atoms with E-state index in [1.54, 1.807) is 51.5 Å². The normalized spacial score (nSPS) is 10.0. The number of hydrogen-bond acceptors (Lipinski definition) is 4. The number of nitrogen functional groups attached to an aromatic ring is 1. The second-order valence-electron chi connectivity index (χ2n) is 4.71. The van der Waals surface area contributed by atoms with Gasteiger partial charge in [-0.1, -0.05) is 12.1 Å². The molecule has 110 valence electrons. The summed E-state index contributed by atoms with van der Waals surface area (Å²) in [6.45, 7) is 0. The Morgan fingerprint density at radius 2 is 1.71 bits per heavy atom. The molecule has 0 saturated carbocycles. The maximum atomic E-state index is 12.0. The molecule has 0 fully saturated rings. The van der Waals surface area contributed by atoms with Gasteiger partial charge < -0.3 is 20.1 Å². The zero-order valence-corrected chi connectivity index (χ0v) is 12.3. The van der Waals surface area contributed by atoms with E-state index in [4.69, 9.17) is 15.2 Å². The lowest BCUT2D eigenvalue weighted by Gasteiger charge is -2.14. The molecule has 0 radical (unpaired) electrons. The fourth-order valence-corrected chi connectivity index (χ4v) is 1.84. The number of anilines is 1. The number of para-hydroxylation sites is 2. The number of ether oxygens (including phenoxy) is 2. The standard InChI is InChI=1S/C16H18N2O3/c1-18(2)16(19)11-8-9-12(17)15(10-11)21-14-7-5-4-6-13(14)20-3/h4-10H,17H2,1-3H3. The number of nitrogens with zero attached hydrogens (tertiary/aromatic N) is 1. The van der Waals surface area contributed by atoms with Crippen molar-refractivity contribution in [1.29, 1.82) is 0 Å². The highest BCUT2D eigenvalue weighted by Crippen LogP contribution is 2.34. The Morgan fingerprint density at radius 3 is 2.33 bits per heavy atom. The molecule has 5 heteroatoms. The molecule has 0 aromatic heterocycles. The molecule has 2 N–H and O–H groups in total. The molecular weight excluding hydrogens is 268 g/mol. The predicted octanol–water partition coefficient (Wildman–Crippen LogP) is 2.77. The molecule has 0 aliphatic carbocycles. The van der Waals surface area contributed by atoms with Crippen LogP contribution in [-0.4, -0.2) is 32.0 Å². The van der Waals surface area contributed by atoms with Crippen molar-refractivity contribution in [3.63, 3.8) is 0 Å². The molecule has 1 amide bonds. The monoisotopic (exact) mass is 286 g/mol. The van der Waals surface area contributed by atoms with E-state index in [9.17, 15) is 4.79 Å². The van der Waals surface area contributed by atoms with E-state index < -0.39 is 0 Å². The van der Waals surface area contributed by atoms with Gasteiger partial charge in [0, 0.05) is 19.7 Å². The van der Waals surface area contributed by atoms with Gasteiger partial charge in [0.2, 0.25) is 0 Å². The Labute approximate surface area is 123 Å². The fourth-order valence-electron chi connectivity index (χ4n) is 1.84. The van der Waals surface area contributed by atoms with Gasteiger partial charge in [-0.2, -0.15) is 0 Å². The van der Waals surface area contributed by atoms with Crippen molar-refractivity contribution < 1.29 is 14.3 Å². The molecule has 0 spiro atoms. The molecule has 0 aliphatic heterocycles. The molecule has 2 aromatic rings. The molecule has 0 heterocycles. The highest BCUT2D eigenvalue weighted by Gasteiger charge is 2.13. The van der Waals surface area contributed by atoms with Gasteiger partial charge in [-0.3, -0.25) is 4.79 Å². The molecule has 0 unspecified atom stereocenters. The van der Waals surface area contributed by atoms with Crippen LogP contribution in [0.25, 0.3) is 0 Å². The van der Waals surface area contributed by atoms with E-state index in [1.165, 1.54) is 4.90 Å². The summed E-state index contributed by atoms with van der Waals surface area (Å²) in [4.78, 5) is 13.5. The van der Waals surface area contributed by atoms with Crippen molar-refractivity contribution in [2.45, 2.75) is 0 Å². The quantitative estimate of drug-likeness (QED) is 0.878. The van der Waals surface area contributed by atoms with Gasteiger partial charge in [0.05, 0.1) is 12.8 Å². The lowest BCUT2D eigenvalue weighted by molar-refractivity contribution is 0.0827. The number of benzene rings is 2. The minimum absolute atomic E-state index is 0.111. The van der Waals surface area contributed by atoms with Crippen LogP contribution in [0.3, 0.4) is 0 Å². The SMILES string of the molecule is COc1ccccc1Oc1cc(C(=O)N(C)C)ccc1N. The summed E-state index contributed by atoms with van der Waals surface area (Å²) in [5, 5.41) is 0. The first-order valence-corrected chi connectivity index (χ1v) is 6.45. The van der Waals surface area contributed by atoms with Crippen molar-refractivity contribution in [1.82, 2.24) is 4.90 Å². The van der Waals surface area contributed by atoms with Gasteiger partial charge in [-0.15, -0.1) is 0 Å². The van der Waals surface area contributed by atoms with Crippen molar-refractivity contribution in [2.75, 3.05) is 26.9 Å². The Bertz CT molecular complexity index is 654. The highest BCUT2D eigenvalue weighted by molar-refractivity contribution is 5.94. The van der Waals surface area contributed by atoms with Gasteiger partial charge in [0.1, 0.15) is 0 Å². The van der Waals surface area contributed by atoms with Crippen LogP contribution in [0.4, 0.5) is 5.69 Å². The fraction of sp³-hybridized carbons (Fsp3) is 0.188.